The highest BCUT2D eigenvalue weighted by Gasteiger charge is 2.21. The van der Waals surface area contributed by atoms with Gasteiger partial charge in [-0.1, -0.05) is 47.1 Å². The third-order valence-corrected chi connectivity index (χ3v) is 6.21. The van der Waals surface area contributed by atoms with Crippen molar-refractivity contribution in [2.45, 2.75) is 31.6 Å². The predicted molar refractivity (Wildman–Crippen MR) is 130 cm³/mol. The van der Waals surface area contributed by atoms with E-state index in [1.165, 1.54) is 18.9 Å². The lowest BCUT2D eigenvalue weighted by Crippen LogP contribution is -2.29. The molecule has 0 aliphatic heterocycles. The van der Waals surface area contributed by atoms with Crippen LogP contribution in [0.5, 0.6) is 5.75 Å². The predicted octanol–water partition coefficient (Wildman–Crippen LogP) is 4.84. The molecule has 0 aliphatic carbocycles. The maximum Gasteiger partial charge on any atom is 0.253 e. The van der Waals surface area contributed by atoms with Crippen molar-refractivity contribution in [2.24, 2.45) is 0 Å². The number of halogens is 2. The average molecular weight is 508 g/mol. The van der Waals surface area contributed by atoms with Crippen molar-refractivity contribution in [1.29, 1.82) is 0 Å². The van der Waals surface area contributed by atoms with Crippen molar-refractivity contribution in [2.75, 3.05) is 18.2 Å². The average Bonchev–Trinajstić information content (AvgIpc) is 3.21. The number of hydrogen-bond donors (Lipinski definition) is 2. The summed E-state index contributed by atoms with van der Waals surface area (Å²) in [5.74, 6) is 0.654. The number of thioether (sulfide) groups is 1. The van der Waals surface area contributed by atoms with Crippen LogP contribution < -0.4 is 15.4 Å². The van der Waals surface area contributed by atoms with E-state index in [1.54, 1.807) is 42.5 Å². The monoisotopic (exact) mass is 507 g/mol. The van der Waals surface area contributed by atoms with E-state index < -0.39 is 6.04 Å². The minimum absolute atomic E-state index is 0.105. The van der Waals surface area contributed by atoms with E-state index in [4.69, 9.17) is 27.9 Å². The van der Waals surface area contributed by atoms with Gasteiger partial charge >= 0.3 is 0 Å². The summed E-state index contributed by atoms with van der Waals surface area (Å²) < 4.78 is 7.11. The minimum atomic E-state index is -0.417. The van der Waals surface area contributed by atoms with Crippen LogP contribution in [0.3, 0.4) is 0 Å². The zero-order chi connectivity index (χ0) is 24.0. The van der Waals surface area contributed by atoms with Crippen molar-refractivity contribution in [3.05, 3.63) is 63.9 Å². The van der Waals surface area contributed by atoms with Gasteiger partial charge < -0.3 is 19.9 Å². The molecule has 1 atom stereocenters. The number of ether oxygens (including phenoxy) is 1. The van der Waals surface area contributed by atoms with Gasteiger partial charge in [0.15, 0.2) is 11.0 Å². The highest BCUT2D eigenvalue weighted by molar-refractivity contribution is 7.99. The fraction of sp³-hybridized carbons (Fsp3) is 0.273. The molecule has 0 saturated heterocycles. The number of nitrogens with zero attached hydrogens (tertiary/aromatic N) is 3. The maximum absolute atomic E-state index is 12.6. The lowest BCUT2D eigenvalue weighted by molar-refractivity contribution is -0.113. The summed E-state index contributed by atoms with van der Waals surface area (Å²) in [4.78, 5) is 25.1. The summed E-state index contributed by atoms with van der Waals surface area (Å²) in [6.45, 7) is 4.33. The molecule has 1 heterocycles. The van der Waals surface area contributed by atoms with Crippen LogP contribution in [0.2, 0.25) is 10.0 Å². The van der Waals surface area contributed by atoms with E-state index in [0.29, 0.717) is 44.6 Å². The number of anilines is 1. The van der Waals surface area contributed by atoms with Gasteiger partial charge in [0.1, 0.15) is 5.75 Å². The van der Waals surface area contributed by atoms with Crippen molar-refractivity contribution < 1.29 is 14.3 Å². The fourth-order valence-corrected chi connectivity index (χ4v) is 4.31. The van der Waals surface area contributed by atoms with Crippen molar-refractivity contribution in [3.63, 3.8) is 0 Å². The molecule has 2 N–H and O–H groups in total. The van der Waals surface area contributed by atoms with Crippen LogP contribution in [-0.4, -0.2) is 39.4 Å². The van der Waals surface area contributed by atoms with Gasteiger partial charge in [0.25, 0.3) is 5.91 Å². The second-order valence-electron chi connectivity index (χ2n) is 6.94. The summed E-state index contributed by atoms with van der Waals surface area (Å²) in [7, 11) is 1.52. The molecule has 1 aromatic heterocycles. The third-order valence-electron chi connectivity index (χ3n) is 4.68. The Labute approximate surface area is 206 Å². The van der Waals surface area contributed by atoms with E-state index >= 15 is 0 Å². The summed E-state index contributed by atoms with van der Waals surface area (Å²) in [6, 6.07) is 11.4. The van der Waals surface area contributed by atoms with E-state index in [-0.39, 0.29) is 17.6 Å². The van der Waals surface area contributed by atoms with Crippen LogP contribution >= 0.6 is 35.0 Å². The molecule has 0 fully saturated rings. The number of aromatic nitrogens is 3. The first-order chi connectivity index (χ1) is 15.8. The molecule has 0 saturated carbocycles. The molecular formula is C22H23Cl2N5O3S. The van der Waals surface area contributed by atoms with Crippen molar-refractivity contribution in [1.82, 2.24) is 20.1 Å². The second-order valence-corrected chi connectivity index (χ2v) is 8.73. The molecule has 2 amide bonds. The summed E-state index contributed by atoms with van der Waals surface area (Å²) >= 11 is 13.4. The molecular weight excluding hydrogens is 485 g/mol. The molecule has 0 radical (unpaired) electrons. The number of methoxy groups -OCH3 is 1. The highest BCUT2D eigenvalue weighted by Crippen LogP contribution is 2.28. The molecule has 2 aromatic carbocycles. The fourth-order valence-electron chi connectivity index (χ4n) is 3.10. The molecule has 174 valence electrons. The van der Waals surface area contributed by atoms with Crippen LogP contribution in [0.4, 0.5) is 5.69 Å². The number of carbonyl (C=O) groups excluding carboxylic acids is 2. The van der Waals surface area contributed by atoms with Crippen LogP contribution in [-0.2, 0) is 11.3 Å². The Hall–Kier alpha value is -2.75. The van der Waals surface area contributed by atoms with E-state index in [9.17, 15) is 9.59 Å². The molecule has 0 spiro atoms. The quantitative estimate of drug-likeness (QED) is 0.402. The Morgan fingerprint density at radius 3 is 2.64 bits per heavy atom. The normalized spacial score (nSPS) is 11.7. The molecule has 8 nitrogen and oxygen atoms in total. The van der Waals surface area contributed by atoms with Gasteiger partial charge in [0, 0.05) is 11.6 Å². The van der Waals surface area contributed by atoms with Crippen molar-refractivity contribution >= 4 is 52.5 Å². The number of carbonyl (C=O) groups is 2. The van der Waals surface area contributed by atoms with Gasteiger partial charge in [0.05, 0.1) is 35.2 Å². The number of rotatable bonds is 9. The molecule has 0 bridgehead atoms. The van der Waals surface area contributed by atoms with Gasteiger partial charge in [-0.05, 0) is 44.2 Å². The van der Waals surface area contributed by atoms with Gasteiger partial charge in [-0.3, -0.25) is 9.59 Å². The van der Waals surface area contributed by atoms with Gasteiger partial charge in [-0.15, -0.1) is 10.2 Å². The number of hydrogen-bond acceptors (Lipinski definition) is 6. The zero-order valence-electron chi connectivity index (χ0n) is 18.3. The number of nitrogens with one attached hydrogen (secondary N) is 2. The lowest BCUT2D eigenvalue weighted by Gasteiger charge is -2.15. The van der Waals surface area contributed by atoms with Crippen LogP contribution in [0.1, 0.15) is 36.1 Å². The second kappa shape index (κ2) is 11.4. The van der Waals surface area contributed by atoms with E-state index in [1.807, 2.05) is 18.4 Å². The smallest absolute Gasteiger partial charge is 0.253 e. The first-order valence-corrected chi connectivity index (χ1v) is 11.8. The topological polar surface area (TPSA) is 98.1 Å². The molecule has 0 aliphatic rings. The first kappa shape index (κ1) is 24.9. The maximum atomic E-state index is 12.6. The summed E-state index contributed by atoms with van der Waals surface area (Å²) in [5.41, 5.74) is 0.875. The SMILES string of the molecule is CCn1c(SCC(=O)Nc2cc(Cl)ccc2OC)nnc1[C@@H](C)NC(=O)c1ccccc1Cl. The molecule has 3 aromatic rings. The first-order valence-electron chi connectivity index (χ1n) is 10.1. The number of benzene rings is 2. The van der Waals surface area contributed by atoms with E-state index in [0.717, 1.165) is 0 Å². The van der Waals surface area contributed by atoms with Crippen LogP contribution in [0.25, 0.3) is 0 Å². The number of amides is 2. The Bertz CT molecular complexity index is 1150. The summed E-state index contributed by atoms with van der Waals surface area (Å²) in [6.07, 6.45) is 0. The molecule has 11 heteroatoms. The van der Waals surface area contributed by atoms with Gasteiger partial charge in [-0.2, -0.15) is 0 Å². The Morgan fingerprint density at radius 1 is 1.18 bits per heavy atom. The lowest BCUT2D eigenvalue weighted by atomic mass is 10.2. The van der Waals surface area contributed by atoms with Crippen LogP contribution in [0.15, 0.2) is 47.6 Å². The third kappa shape index (κ3) is 6.19. The van der Waals surface area contributed by atoms with Crippen LogP contribution in [0, 0.1) is 0 Å². The van der Waals surface area contributed by atoms with E-state index in [2.05, 4.69) is 20.8 Å². The van der Waals surface area contributed by atoms with Gasteiger partial charge in [0.2, 0.25) is 5.91 Å². The zero-order valence-corrected chi connectivity index (χ0v) is 20.6. The Morgan fingerprint density at radius 2 is 1.94 bits per heavy atom. The largest absolute Gasteiger partial charge is 0.495 e. The molecule has 3 rings (SSSR count). The molecule has 33 heavy (non-hydrogen) atoms. The Kier molecular flexibility index (Phi) is 8.60. The highest BCUT2D eigenvalue weighted by atomic mass is 35.5. The summed E-state index contributed by atoms with van der Waals surface area (Å²) in [5, 5.41) is 15.6. The minimum Gasteiger partial charge on any atom is -0.495 e. The van der Waals surface area contributed by atoms with Gasteiger partial charge in [-0.25, -0.2) is 0 Å². The Balaban J connectivity index is 1.65. The standard InChI is InChI=1S/C22H23Cl2N5O3S/c1-4-29-20(13(2)25-21(31)15-7-5-6-8-16(15)24)27-28-22(29)33-12-19(30)26-17-11-14(23)9-10-18(17)32-3/h5-11,13H,4,12H2,1-3H3,(H,25,31)(H,26,30)/t13-/m1/s1. The molecule has 0 unspecified atom stereocenters. The van der Waals surface area contributed by atoms with Crippen molar-refractivity contribution in [3.8, 4) is 5.75 Å².